The maximum Gasteiger partial charge on any atom is 0.327 e. The lowest BCUT2D eigenvalue weighted by atomic mass is 10.1. The Labute approximate surface area is 111 Å². The second-order valence-corrected chi connectivity index (χ2v) is 5.00. The molecule has 100 valence electrons. The van der Waals surface area contributed by atoms with Gasteiger partial charge in [-0.05, 0) is 37.5 Å². The van der Waals surface area contributed by atoms with Crippen LogP contribution in [0.4, 0.5) is 0 Å². The van der Waals surface area contributed by atoms with Crippen LogP contribution in [0.1, 0.15) is 30.3 Å². The number of ether oxygens (including phenoxy) is 1. The van der Waals surface area contributed by atoms with E-state index in [2.05, 4.69) is 15.3 Å². The summed E-state index contributed by atoms with van der Waals surface area (Å²) in [6.07, 6.45) is 2.25. The zero-order valence-electron chi connectivity index (χ0n) is 11.1. The number of imidazole rings is 1. The Morgan fingerprint density at radius 2 is 2.32 bits per heavy atom. The van der Waals surface area contributed by atoms with Gasteiger partial charge in [0.2, 0.25) is 0 Å². The summed E-state index contributed by atoms with van der Waals surface area (Å²) >= 11 is 0. The molecule has 1 aromatic carbocycles. The fourth-order valence-corrected chi connectivity index (χ4v) is 2.24. The Hall–Kier alpha value is -1.88. The summed E-state index contributed by atoms with van der Waals surface area (Å²) < 4.78 is 4.89. The first kappa shape index (κ1) is 12.2. The number of rotatable bonds is 4. The molecule has 0 saturated heterocycles. The number of H-pyrrole nitrogens is 1. The van der Waals surface area contributed by atoms with E-state index in [1.165, 1.54) is 7.11 Å². The third-order valence-corrected chi connectivity index (χ3v) is 3.37. The highest BCUT2D eigenvalue weighted by molar-refractivity contribution is 5.81. The zero-order chi connectivity index (χ0) is 13.4. The molecule has 1 unspecified atom stereocenters. The van der Waals surface area contributed by atoms with E-state index in [0.29, 0.717) is 6.04 Å². The Morgan fingerprint density at radius 3 is 3.00 bits per heavy atom. The van der Waals surface area contributed by atoms with Crippen LogP contribution < -0.4 is 5.32 Å². The van der Waals surface area contributed by atoms with Crippen molar-refractivity contribution in [1.29, 1.82) is 0 Å². The highest BCUT2D eigenvalue weighted by Crippen LogP contribution is 2.26. The molecular weight excluding hydrogens is 242 g/mol. The average molecular weight is 259 g/mol. The zero-order valence-corrected chi connectivity index (χ0v) is 11.1. The van der Waals surface area contributed by atoms with Gasteiger partial charge in [-0.1, -0.05) is 6.07 Å². The van der Waals surface area contributed by atoms with Gasteiger partial charge in [0, 0.05) is 6.04 Å². The lowest BCUT2D eigenvalue weighted by Crippen LogP contribution is -2.31. The molecule has 1 fully saturated rings. The molecular formula is C14H17N3O2. The van der Waals surface area contributed by atoms with Gasteiger partial charge in [-0.15, -0.1) is 0 Å². The fourth-order valence-electron chi connectivity index (χ4n) is 2.24. The van der Waals surface area contributed by atoms with Crippen LogP contribution >= 0.6 is 0 Å². The van der Waals surface area contributed by atoms with Gasteiger partial charge in [-0.3, -0.25) is 5.32 Å². The van der Waals surface area contributed by atoms with Crippen molar-refractivity contribution in [2.45, 2.75) is 31.8 Å². The molecule has 5 heteroatoms. The molecule has 0 aliphatic heterocycles. The average Bonchev–Trinajstić information content (AvgIpc) is 3.14. The summed E-state index contributed by atoms with van der Waals surface area (Å²) in [4.78, 5) is 19.5. The molecule has 19 heavy (non-hydrogen) atoms. The maximum atomic E-state index is 11.9. The number of carbonyl (C=O) groups is 1. The highest BCUT2D eigenvalue weighted by atomic mass is 16.5. The number of nitrogens with one attached hydrogen (secondary N) is 2. The molecule has 0 amide bonds. The van der Waals surface area contributed by atoms with Crippen LogP contribution in [0.3, 0.4) is 0 Å². The normalized spacial score (nSPS) is 16.5. The Morgan fingerprint density at radius 1 is 1.53 bits per heavy atom. The van der Waals surface area contributed by atoms with Gasteiger partial charge in [-0.2, -0.15) is 0 Å². The molecule has 2 aromatic rings. The van der Waals surface area contributed by atoms with E-state index in [1.807, 2.05) is 25.1 Å². The van der Waals surface area contributed by atoms with Gasteiger partial charge in [-0.25, -0.2) is 9.78 Å². The SMILES string of the molecule is COC(=O)C(NC1CC1)c1ccc2nc(C)[nH]c2c1. The number of aromatic amines is 1. The van der Waals surface area contributed by atoms with Crippen LogP contribution in [-0.2, 0) is 9.53 Å². The van der Waals surface area contributed by atoms with E-state index in [4.69, 9.17) is 4.74 Å². The van der Waals surface area contributed by atoms with Crippen LogP contribution in [0.15, 0.2) is 18.2 Å². The summed E-state index contributed by atoms with van der Waals surface area (Å²) in [5.74, 6) is 0.624. The molecule has 1 atom stereocenters. The minimum Gasteiger partial charge on any atom is -0.468 e. The first-order chi connectivity index (χ1) is 9.17. The predicted octanol–water partition coefficient (Wildman–Crippen LogP) is 1.84. The Kier molecular flexibility index (Phi) is 2.98. The number of nitrogens with zero attached hydrogens (tertiary/aromatic N) is 1. The highest BCUT2D eigenvalue weighted by Gasteiger charge is 2.30. The standard InChI is InChI=1S/C14H17N3O2/c1-8-15-11-6-3-9(7-12(11)16-8)13(14(18)19-2)17-10-4-5-10/h3,6-7,10,13,17H,4-5H2,1-2H3,(H,15,16). The summed E-state index contributed by atoms with van der Waals surface area (Å²) in [5.41, 5.74) is 2.77. The first-order valence-corrected chi connectivity index (χ1v) is 6.47. The molecule has 1 aliphatic carbocycles. The van der Waals surface area contributed by atoms with Crippen LogP contribution in [-0.4, -0.2) is 29.1 Å². The number of carbonyl (C=O) groups excluding carboxylic acids is 1. The first-order valence-electron chi connectivity index (χ1n) is 6.47. The van der Waals surface area contributed by atoms with Gasteiger partial charge in [0.1, 0.15) is 11.9 Å². The van der Waals surface area contributed by atoms with Crippen LogP contribution in [0.25, 0.3) is 11.0 Å². The van der Waals surface area contributed by atoms with Crippen LogP contribution in [0.2, 0.25) is 0 Å². The van der Waals surface area contributed by atoms with E-state index in [9.17, 15) is 4.79 Å². The van der Waals surface area contributed by atoms with Gasteiger partial charge >= 0.3 is 5.97 Å². The monoisotopic (exact) mass is 259 g/mol. The van der Waals surface area contributed by atoms with Crippen molar-refractivity contribution in [3.63, 3.8) is 0 Å². The van der Waals surface area contributed by atoms with Crippen molar-refractivity contribution in [2.75, 3.05) is 7.11 Å². The van der Waals surface area contributed by atoms with Gasteiger partial charge in [0.25, 0.3) is 0 Å². The summed E-state index contributed by atoms with van der Waals surface area (Å²) in [5, 5.41) is 3.32. The predicted molar refractivity (Wildman–Crippen MR) is 71.7 cm³/mol. The molecule has 5 nitrogen and oxygen atoms in total. The second kappa shape index (κ2) is 4.66. The van der Waals surface area contributed by atoms with Crippen molar-refractivity contribution >= 4 is 17.0 Å². The van der Waals surface area contributed by atoms with E-state index < -0.39 is 6.04 Å². The minimum atomic E-state index is -0.398. The number of hydrogen-bond donors (Lipinski definition) is 2. The van der Waals surface area contributed by atoms with Gasteiger partial charge in [0.05, 0.1) is 18.1 Å². The van der Waals surface area contributed by atoms with E-state index in [0.717, 1.165) is 35.3 Å². The molecule has 0 bridgehead atoms. The lowest BCUT2D eigenvalue weighted by Gasteiger charge is -2.16. The smallest absolute Gasteiger partial charge is 0.327 e. The quantitative estimate of drug-likeness (QED) is 0.822. The Balaban J connectivity index is 1.95. The molecule has 1 saturated carbocycles. The number of hydrogen-bond acceptors (Lipinski definition) is 4. The summed E-state index contributed by atoms with van der Waals surface area (Å²) in [6.45, 7) is 1.92. The van der Waals surface area contributed by atoms with Crippen molar-refractivity contribution in [1.82, 2.24) is 15.3 Å². The van der Waals surface area contributed by atoms with Crippen molar-refractivity contribution in [3.8, 4) is 0 Å². The number of aryl methyl sites for hydroxylation is 1. The fraction of sp³-hybridized carbons (Fsp3) is 0.429. The molecule has 1 aromatic heterocycles. The van der Waals surface area contributed by atoms with Crippen LogP contribution in [0.5, 0.6) is 0 Å². The molecule has 1 heterocycles. The molecule has 1 aliphatic rings. The summed E-state index contributed by atoms with van der Waals surface area (Å²) in [6, 6.07) is 5.86. The number of esters is 1. The van der Waals surface area contributed by atoms with E-state index in [-0.39, 0.29) is 5.97 Å². The van der Waals surface area contributed by atoms with E-state index in [1.54, 1.807) is 0 Å². The van der Waals surface area contributed by atoms with Crippen molar-refractivity contribution in [2.24, 2.45) is 0 Å². The summed E-state index contributed by atoms with van der Waals surface area (Å²) in [7, 11) is 1.42. The molecule has 3 rings (SSSR count). The van der Waals surface area contributed by atoms with Crippen molar-refractivity contribution in [3.05, 3.63) is 29.6 Å². The maximum absolute atomic E-state index is 11.9. The number of methoxy groups -OCH3 is 1. The Bertz CT molecular complexity index is 616. The number of benzene rings is 1. The van der Waals surface area contributed by atoms with E-state index >= 15 is 0 Å². The van der Waals surface area contributed by atoms with Gasteiger partial charge in [0.15, 0.2) is 0 Å². The molecule has 2 N–H and O–H groups in total. The number of fused-ring (bicyclic) bond motifs is 1. The molecule has 0 radical (unpaired) electrons. The number of aromatic nitrogens is 2. The second-order valence-electron chi connectivity index (χ2n) is 5.00. The van der Waals surface area contributed by atoms with Crippen molar-refractivity contribution < 1.29 is 9.53 Å². The van der Waals surface area contributed by atoms with Crippen LogP contribution in [0, 0.1) is 6.92 Å². The largest absolute Gasteiger partial charge is 0.468 e. The topological polar surface area (TPSA) is 67.0 Å². The molecule has 0 spiro atoms. The minimum absolute atomic E-state index is 0.248. The third-order valence-electron chi connectivity index (χ3n) is 3.37. The lowest BCUT2D eigenvalue weighted by molar-refractivity contribution is -0.143. The third kappa shape index (κ3) is 2.46. The van der Waals surface area contributed by atoms with Gasteiger partial charge < -0.3 is 9.72 Å².